The Hall–Kier alpha value is -2.94. The molecule has 2 heterocycles. The highest BCUT2D eigenvalue weighted by Gasteiger charge is 2.15. The van der Waals surface area contributed by atoms with E-state index in [1.165, 1.54) is 4.40 Å². The maximum atomic E-state index is 12.2. The molecular weight excluding hydrogens is 324 g/mol. The molecule has 3 rings (SSSR count). The second-order valence-corrected chi connectivity index (χ2v) is 5.90. The van der Waals surface area contributed by atoms with E-state index in [0.29, 0.717) is 41.2 Å². The van der Waals surface area contributed by atoms with Gasteiger partial charge in [0.25, 0.3) is 5.91 Å². The fourth-order valence-electron chi connectivity index (χ4n) is 2.53. The summed E-state index contributed by atoms with van der Waals surface area (Å²) >= 11 is 0. The monoisotopic (exact) mass is 344 g/mol. The number of nitrogens with one attached hydrogen (secondary N) is 3. The fraction of sp³-hybridized carbons (Fsp3) is 0.375. The molecule has 2 aromatic heterocycles. The van der Waals surface area contributed by atoms with E-state index in [2.05, 4.69) is 25.8 Å². The Bertz CT molecular complexity index is 975. The second kappa shape index (κ2) is 6.89. The second-order valence-electron chi connectivity index (χ2n) is 5.90. The third-order valence-electron chi connectivity index (χ3n) is 3.61. The van der Waals surface area contributed by atoms with Crippen molar-refractivity contribution >= 4 is 28.4 Å². The smallest absolute Gasteiger partial charge is 0.348 e. The number of hydrogen-bond donors (Lipinski definition) is 3. The van der Waals surface area contributed by atoms with Crippen LogP contribution in [0.1, 0.15) is 24.2 Å². The van der Waals surface area contributed by atoms with Gasteiger partial charge in [0.05, 0.1) is 17.6 Å². The molecule has 9 nitrogen and oxygen atoms in total. The summed E-state index contributed by atoms with van der Waals surface area (Å²) in [6.45, 7) is 4.78. The molecule has 0 bridgehead atoms. The quantitative estimate of drug-likeness (QED) is 0.569. The molecule has 0 aliphatic heterocycles. The van der Waals surface area contributed by atoms with Crippen molar-refractivity contribution in [1.29, 1.82) is 0 Å². The van der Waals surface area contributed by atoms with Crippen LogP contribution in [0.3, 0.4) is 0 Å². The van der Waals surface area contributed by atoms with Crippen molar-refractivity contribution < 1.29 is 9.53 Å². The summed E-state index contributed by atoms with van der Waals surface area (Å²) in [5.41, 5.74) is 1.55. The number of H-pyrrole nitrogens is 1. The molecule has 0 atom stereocenters. The van der Waals surface area contributed by atoms with Gasteiger partial charge >= 0.3 is 5.69 Å². The summed E-state index contributed by atoms with van der Waals surface area (Å²) in [4.78, 5) is 28.9. The lowest BCUT2D eigenvalue weighted by atomic mass is 10.1. The Morgan fingerprint density at radius 2 is 2.20 bits per heavy atom. The molecule has 1 amide bonds. The van der Waals surface area contributed by atoms with Crippen LogP contribution in [0.4, 0.5) is 5.82 Å². The maximum absolute atomic E-state index is 12.2. The predicted octanol–water partition coefficient (Wildman–Crippen LogP) is 0.767. The molecule has 1 aromatic carbocycles. The molecule has 0 aliphatic carbocycles. The summed E-state index contributed by atoms with van der Waals surface area (Å²) < 4.78 is 6.33. The number of amides is 1. The average Bonchev–Trinajstić information content (AvgIpc) is 2.97. The molecule has 0 saturated carbocycles. The van der Waals surface area contributed by atoms with Gasteiger partial charge in [-0.3, -0.25) is 4.79 Å². The van der Waals surface area contributed by atoms with Gasteiger partial charge < -0.3 is 15.4 Å². The number of hydrogen-bond acceptors (Lipinski definition) is 6. The van der Waals surface area contributed by atoms with Gasteiger partial charge in [-0.05, 0) is 32.0 Å². The number of aromatic nitrogens is 4. The number of anilines is 1. The Morgan fingerprint density at radius 3 is 2.92 bits per heavy atom. The van der Waals surface area contributed by atoms with Crippen LogP contribution in [0.2, 0.25) is 0 Å². The van der Waals surface area contributed by atoms with E-state index >= 15 is 0 Å². The molecule has 0 aliphatic rings. The first kappa shape index (κ1) is 16.9. The van der Waals surface area contributed by atoms with E-state index < -0.39 is 0 Å². The molecule has 3 N–H and O–H groups in total. The topological polar surface area (TPSA) is 113 Å². The minimum absolute atomic E-state index is 0.131. The highest BCUT2D eigenvalue weighted by Crippen LogP contribution is 2.20. The standard InChI is InChI=1S/C16H20N6O3/c1-9(2)18-13-14-20-21-16(24)22(14)12-8-10(4-5-11(12)19-13)15(23)17-6-7-25-3/h4-5,8-9H,6-7H2,1-3H3,(H,17,23)(H,18,19)(H,21,24). The van der Waals surface area contributed by atoms with Crippen LogP contribution in [0.5, 0.6) is 0 Å². The summed E-state index contributed by atoms with van der Waals surface area (Å²) in [6, 6.07) is 5.15. The van der Waals surface area contributed by atoms with E-state index in [0.717, 1.165) is 0 Å². The zero-order valence-electron chi connectivity index (χ0n) is 14.3. The summed E-state index contributed by atoms with van der Waals surface area (Å²) in [5, 5.41) is 12.4. The summed E-state index contributed by atoms with van der Waals surface area (Å²) in [5.74, 6) is 0.270. The highest BCUT2D eigenvalue weighted by atomic mass is 16.5. The number of nitrogens with zero attached hydrogens (tertiary/aromatic N) is 3. The van der Waals surface area contributed by atoms with Crippen LogP contribution < -0.4 is 16.3 Å². The number of rotatable bonds is 6. The van der Waals surface area contributed by atoms with Crippen LogP contribution in [0.15, 0.2) is 23.0 Å². The third-order valence-corrected chi connectivity index (χ3v) is 3.61. The van der Waals surface area contributed by atoms with Crippen molar-refractivity contribution in [3.8, 4) is 0 Å². The fourth-order valence-corrected chi connectivity index (χ4v) is 2.53. The Labute approximate surface area is 143 Å². The van der Waals surface area contributed by atoms with Gasteiger partial charge in [0.1, 0.15) is 0 Å². The highest BCUT2D eigenvalue weighted by molar-refractivity contribution is 5.98. The lowest BCUT2D eigenvalue weighted by Crippen LogP contribution is -2.27. The van der Waals surface area contributed by atoms with E-state index in [1.807, 2.05) is 13.8 Å². The lowest BCUT2D eigenvalue weighted by Gasteiger charge is -2.12. The van der Waals surface area contributed by atoms with Gasteiger partial charge in [0.15, 0.2) is 5.82 Å². The molecule has 0 fully saturated rings. The molecule has 0 saturated heterocycles. The van der Waals surface area contributed by atoms with Gasteiger partial charge in [-0.2, -0.15) is 0 Å². The number of benzene rings is 1. The first-order chi connectivity index (χ1) is 12.0. The first-order valence-corrected chi connectivity index (χ1v) is 7.96. The Morgan fingerprint density at radius 1 is 1.40 bits per heavy atom. The molecule has 3 aromatic rings. The third kappa shape index (κ3) is 3.31. The van der Waals surface area contributed by atoms with Crippen LogP contribution in [-0.4, -0.2) is 51.8 Å². The molecule has 9 heteroatoms. The molecule has 0 radical (unpaired) electrons. The molecule has 0 spiro atoms. The zero-order valence-corrected chi connectivity index (χ0v) is 14.3. The average molecular weight is 344 g/mol. The molecule has 0 unspecified atom stereocenters. The van der Waals surface area contributed by atoms with E-state index in [4.69, 9.17) is 4.74 Å². The van der Waals surface area contributed by atoms with Crippen LogP contribution >= 0.6 is 0 Å². The number of carbonyl (C=O) groups is 1. The SMILES string of the molecule is COCCNC(=O)c1ccc2nc(NC(C)C)c3n[nH]c(=O)n3c2c1. The Balaban J connectivity index is 2.10. The van der Waals surface area contributed by atoms with Crippen molar-refractivity contribution in [3.05, 3.63) is 34.2 Å². The zero-order chi connectivity index (χ0) is 18.0. The van der Waals surface area contributed by atoms with Crippen LogP contribution in [0, 0.1) is 0 Å². The van der Waals surface area contributed by atoms with Gasteiger partial charge in [-0.25, -0.2) is 19.3 Å². The minimum Gasteiger partial charge on any atom is -0.383 e. The lowest BCUT2D eigenvalue weighted by molar-refractivity contribution is 0.0937. The van der Waals surface area contributed by atoms with Gasteiger partial charge in [-0.15, -0.1) is 5.10 Å². The molecule has 132 valence electrons. The molecule has 25 heavy (non-hydrogen) atoms. The van der Waals surface area contributed by atoms with E-state index in [-0.39, 0.29) is 17.6 Å². The maximum Gasteiger partial charge on any atom is 0.348 e. The largest absolute Gasteiger partial charge is 0.383 e. The normalized spacial score (nSPS) is 11.4. The number of methoxy groups -OCH3 is 1. The van der Waals surface area contributed by atoms with E-state index in [1.54, 1.807) is 25.3 Å². The number of carbonyl (C=O) groups excluding carboxylic acids is 1. The first-order valence-electron chi connectivity index (χ1n) is 7.96. The predicted molar refractivity (Wildman–Crippen MR) is 94.1 cm³/mol. The minimum atomic E-state index is -0.383. The van der Waals surface area contributed by atoms with Crippen molar-refractivity contribution in [2.75, 3.05) is 25.6 Å². The van der Waals surface area contributed by atoms with Crippen molar-refractivity contribution in [3.63, 3.8) is 0 Å². The Kier molecular flexibility index (Phi) is 4.66. The summed E-state index contributed by atoms with van der Waals surface area (Å²) in [7, 11) is 1.57. The van der Waals surface area contributed by atoms with Crippen LogP contribution in [-0.2, 0) is 4.74 Å². The van der Waals surface area contributed by atoms with Gasteiger partial charge in [-0.1, -0.05) is 0 Å². The summed E-state index contributed by atoms with van der Waals surface area (Å²) in [6.07, 6.45) is 0. The molecular formula is C16H20N6O3. The number of aromatic amines is 1. The van der Waals surface area contributed by atoms with Crippen molar-refractivity contribution in [2.45, 2.75) is 19.9 Å². The number of fused-ring (bicyclic) bond motifs is 3. The van der Waals surface area contributed by atoms with E-state index in [9.17, 15) is 9.59 Å². The van der Waals surface area contributed by atoms with Crippen LogP contribution in [0.25, 0.3) is 16.7 Å². The van der Waals surface area contributed by atoms with Crippen molar-refractivity contribution in [2.24, 2.45) is 0 Å². The van der Waals surface area contributed by atoms with Gasteiger partial charge in [0.2, 0.25) is 5.65 Å². The van der Waals surface area contributed by atoms with Gasteiger partial charge in [0, 0.05) is 25.3 Å². The van der Waals surface area contributed by atoms with Crippen molar-refractivity contribution in [1.82, 2.24) is 24.9 Å². The number of ether oxygens (including phenoxy) is 1.